The molecule has 4 nitrogen and oxygen atoms in total. The van der Waals surface area contributed by atoms with Crippen molar-refractivity contribution >= 4 is 11.7 Å². The third-order valence-electron chi connectivity index (χ3n) is 4.01. The van der Waals surface area contributed by atoms with Gasteiger partial charge in [0.2, 0.25) is 0 Å². The number of carbonyl (C=O) groups excluding carboxylic acids is 1. The average Bonchev–Trinajstić information content (AvgIpc) is 2.50. The lowest BCUT2D eigenvalue weighted by Gasteiger charge is -2.35. The van der Waals surface area contributed by atoms with E-state index < -0.39 is 0 Å². The highest BCUT2D eigenvalue weighted by Crippen LogP contribution is 2.21. The van der Waals surface area contributed by atoms with Crippen molar-refractivity contribution in [2.24, 2.45) is 11.7 Å². The van der Waals surface area contributed by atoms with E-state index in [2.05, 4.69) is 6.92 Å². The molecule has 1 aromatic carbocycles. The first-order valence-corrected chi connectivity index (χ1v) is 7.64. The monoisotopic (exact) mass is 293 g/mol. The van der Waals surface area contributed by atoms with Gasteiger partial charge in [-0.1, -0.05) is 6.92 Å². The number of rotatable bonds is 4. The van der Waals surface area contributed by atoms with Crippen LogP contribution in [0, 0.1) is 11.7 Å². The molecule has 0 unspecified atom stereocenters. The highest BCUT2D eigenvalue weighted by atomic mass is 19.1. The number of benzene rings is 1. The molecule has 2 amide bonds. The van der Waals surface area contributed by atoms with E-state index in [1.165, 1.54) is 12.1 Å². The molecular weight excluding hydrogens is 269 g/mol. The highest BCUT2D eigenvalue weighted by molar-refractivity contribution is 5.92. The first-order valence-electron chi connectivity index (χ1n) is 7.64. The van der Waals surface area contributed by atoms with Gasteiger partial charge in [0.1, 0.15) is 5.82 Å². The van der Waals surface area contributed by atoms with Crippen LogP contribution in [0.15, 0.2) is 24.3 Å². The molecule has 2 rings (SSSR count). The lowest BCUT2D eigenvalue weighted by molar-refractivity contribution is 0.180. The van der Waals surface area contributed by atoms with Gasteiger partial charge in [0, 0.05) is 25.3 Å². The second-order valence-corrected chi connectivity index (χ2v) is 5.72. The Morgan fingerprint density at radius 1 is 1.33 bits per heavy atom. The second-order valence-electron chi connectivity index (χ2n) is 5.72. The predicted octanol–water partition coefficient (Wildman–Crippen LogP) is 2.83. The van der Waals surface area contributed by atoms with Crippen LogP contribution in [0.4, 0.5) is 14.9 Å². The minimum Gasteiger partial charge on any atom is -0.330 e. The molecular formula is C16H24FN3O. The van der Waals surface area contributed by atoms with Gasteiger partial charge in [0.15, 0.2) is 0 Å². The number of likely N-dealkylation sites (tertiary alicyclic amines) is 1. The first-order chi connectivity index (χ1) is 10.1. The Labute approximate surface area is 125 Å². The molecule has 1 aliphatic rings. The van der Waals surface area contributed by atoms with E-state index in [4.69, 9.17) is 5.73 Å². The van der Waals surface area contributed by atoms with Crippen molar-refractivity contribution in [1.29, 1.82) is 0 Å². The maximum absolute atomic E-state index is 13.1. The molecule has 1 fully saturated rings. The fourth-order valence-corrected chi connectivity index (χ4v) is 2.58. The molecule has 1 aromatic rings. The molecule has 1 saturated heterocycles. The summed E-state index contributed by atoms with van der Waals surface area (Å²) in [5.41, 5.74) is 6.29. The molecule has 2 N–H and O–H groups in total. The van der Waals surface area contributed by atoms with Gasteiger partial charge in [0.05, 0.1) is 0 Å². The molecule has 116 valence electrons. The first kappa shape index (κ1) is 15.8. The summed E-state index contributed by atoms with van der Waals surface area (Å²) >= 11 is 0. The number of hydrogen-bond donors (Lipinski definition) is 1. The number of amides is 2. The van der Waals surface area contributed by atoms with Crippen molar-refractivity contribution in [3.05, 3.63) is 30.1 Å². The van der Waals surface area contributed by atoms with Crippen LogP contribution >= 0.6 is 0 Å². The molecule has 21 heavy (non-hydrogen) atoms. The molecule has 0 aliphatic carbocycles. The maximum Gasteiger partial charge on any atom is 0.324 e. The summed E-state index contributed by atoms with van der Waals surface area (Å²) < 4.78 is 13.1. The Kier molecular flexibility index (Phi) is 5.56. The number of carbonyl (C=O) groups is 1. The number of urea groups is 1. The SMILES string of the molecule is CC1CCN(C(=O)N(CCCN)c2ccc(F)cc2)CC1. The van der Waals surface area contributed by atoms with Gasteiger partial charge in [-0.05, 0) is 56.0 Å². The molecule has 0 spiro atoms. The number of anilines is 1. The summed E-state index contributed by atoms with van der Waals surface area (Å²) in [7, 11) is 0. The highest BCUT2D eigenvalue weighted by Gasteiger charge is 2.25. The van der Waals surface area contributed by atoms with Crippen molar-refractivity contribution in [2.45, 2.75) is 26.2 Å². The summed E-state index contributed by atoms with van der Waals surface area (Å²) in [5.74, 6) is 0.383. The fourth-order valence-electron chi connectivity index (χ4n) is 2.58. The standard InChI is InChI=1S/C16H24FN3O/c1-13-7-11-19(12-8-13)16(21)20(10-2-9-18)15-5-3-14(17)4-6-15/h3-6,13H,2,7-12,18H2,1H3. The number of piperidine rings is 1. The van der Waals surface area contributed by atoms with Gasteiger partial charge in [-0.15, -0.1) is 0 Å². The lowest BCUT2D eigenvalue weighted by atomic mass is 9.99. The minimum atomic E-state index is -0.295. The Morgan fingerprint density at radius 2 is 1.95 bits per heavy atom. The number of nitrogens with zero attached hydrogens (tertiary/aromatic N) is 2. The quantitative estimate of drug-likeness (QED) is 0.928. The van der Waals surface area contributed by atoms with Crippen LogP contribution in [0.3, 0.4) is 0 Å². The molecule has 0 saturated carbocycles. The zero-order valence-electron chi connectivity index (χ0n) is 12.6. The largest absolute Gasteiger partial charge is 0.330 e. The van der Waals surface area contributed by atoms with Crippen LogP contribution in [-0.2, 0) is 0 Å². The van der Waals surface area contributed by atoms with E-state index in [0.29, 0.717) is 19.0 Å². The molecule has 0 bridgehead atoms. The van der Waals surface area contributed by atoms with Gasteiger partial charge in [0.25, 0.3) is 0 Å². The van der Waals surface area contributed by atoms with Gasteiger partial charge in [-0.3, -0.25) is 4.90 Å². The maximum atomic E-state index is 13.1. The molecule has 1 aliphatic heterocycles. The van der Waals surface area contributed by atoms with Gasteiger partial charge in [-0.2, -0.15) is 0 Å². The summed E-state index contributed by atoms with van der Waals surface area (Å²) in [6, 6.07) is 6.07. The van der Waals surface area contributed by atoms with E-state index in [-0.39, 0.29) is 11.8 Å². The Bertz CT molecular complexity index is 455. The minimum absolute atomic E-state index is 0.00181. The van der Waals surface area contributed by atoms with E-state index in [1.807, 2.05) is 4.90 Å². The van der Waals surface area contributed by atoms with Crippen molar-refractivity contribution in [3.63, 3.8) is 0 Å². The lowest BCUT2D eigenvalue weighted by Crippen LogP contribution is -2.47. The predicted molar refractivity (Wildman–Crippen MR) is 82.8 cm³/mol. The van der Waals surface area contributed by atoms with Crippen LogP contribution < -0.4 is 10.6 Å². The van der Waals surface area contributed by atoms with Crippen LogP contribution in [-0.4, -0.2) is 37.1 Å². The van der Waals surface area contributed by atoms with Gasteiger partial charge < -0.3 is 10.6 Å². The van der Waals surface area contributed by atoms with Crippen molar-refractivity contribution in [1.82, 2.24) is 4.90 Å². The van der Waals surface area contributed by atoms with Crippen LogP contribution in [0.25, 0.3) is 0 Å². The third kappa shape index (κ3) is 4.17. The molecule has 1 heterocycles. The summed E-state index contributed by atoms with van der Waals surface area (Å²) in [4.78, 5) is 16.3. The second kappa shape index (κ2) is 7.41. The van der Waals surface area contributed by atoms with E-state index >= 15 is 0 Å². The van der Waals surface area contributed by atoms with Crippen LogP contribution in [0.2, 0.25) is 0 Å². The third-order valence-corrected chi connectivity index (χ3v) is 4.01. The molecule has 5 heteroatoms. The van der Waals surface area contributed by atoms with E-state index in [1.54, 1.807) is 17.0 Å². The van der Waals surface area contributed by atoms with Crippen molar-refractivity contribution < 1.29 is 9.18 Å². The summed E-state index contributed by atoms with van der Waals surface area (Å²) in [6.45, 7) is 4.89. The van der Waals surface area contributed by atoms with Gasteiger partial charge >= 0.3 is 6.03 Å². The number of hydrogen-bond acceptors (Lipinski definition) is 2. The zero-order valence-corrected chi connectivity index (χ0v) is 12.6. The number of nitrogens with two attached hydrogens (primary N) is 1. The normalized spacial score (nSPS) is 16.0. The Morgan fingerprint density at radius 3 is 2.52 bits per heavy atom. The molecule has 0 radical (unpaired) electrons. The Hall–Kier alpha value is -1.62. The topological polar surface area (TPSA) is 49.6 Å². The van der Waals surface area contributed by atoms with E-state index in [0.717, 1.165) is 38.0 Å². The smallest absolute Gasteiger partial charge is 0.324 e. The summed E-state index contributed by atoms with van der Waals surface area (Å²) in [6.07, 6.45) is 2.81. The summed E-state index contributed by atoms with van der Waals surface area (Å²) in [5, 5.41) is 0. The van der Waals surface area contributed by atoms with E-state index in [9.17, 15) is 9.18 Å². The number of halogens is 1. The fraction of sp³-hybridized carbons (Fsp3) is 0.562. The Balaban J connectivity index is 2.11. The van der Waals surface area contributed by atoms with Gasteiger partial charge in [-0.25, -0.2) is 9.18 Å². The van der Waals surface area contributed by atoms with Crippen LogP contribution in [0.5, 0.6) is 0 Å². The molecule has 0 aromatic heterocycles. The van der Waals surface area contributed by atoms with Crippen molar-refractivity contribution in [3.8, 4) is 0 Å². The zero-order chi connectivity index (χ0) is 15.2. The van der Waals surface area contributed by atoms with Crippen LogP contribution in [0.1, 0.15) is 26.2 Å². The molecule has 0 atom stereocenters. The van der Waals surface area contributed by atoms with Crippen molar-refractivity contribution in [2.75, 3.05) is 31.1 Å². The average molecular weight is 293 g/mol.